The van der Waals surface area contributed by atoms with E-state index in [9.17, 15) is 0 Å². The maximum atomic E-state index is 5.45. The highest BCUT2D eigenvalue weighted by Crippen LogP contribution is 2.40. The van der Waals surface area contributed by atoms with Crippen LogP contribution in [-0.2, 0) is 6.42 Å². The molecule has 0 radical (unpaired) electrons. The SMILES string of the molecule is C1=Cc2c(-c3cc(-c4ccc(-c5cccc6cccnc56)cc4)nc(-c4cc5ccccc5c5ccccc45)n3)cc3ccccc3c2CCC1. The highest BCUT2D eigenvalue weighted by atomic mass is 14.9. The van der Waals surface area contributed by atoms with Gasteiger partial charge in [-0.2, -0.15) is 0 Å². The molecule has 7 aromatic carbocycles. The van der Waals surface area contributed by atoms with Crippen LogP contribution in [0.4, 0.5) is 0 Å². The van der Waals surface area contributed by atoms with E-state index in [4.69, 9.17) is 15.0 Å². The van der Waals surface area contributed by atoms with Crippen molar-refractivity contribution in [3.8, 4) is 45.0 Å². The van der Waals surface area contributed by atoms with Gasteiger partial charge in [0, 0.05) is 33.8 Å². The van der Waals surface area contributed by atoms with E-state index in [1.165, 1.54) is 38.1 Å². The highest BCUT2D eigenvalue weighted by Gasteiger charge is 2.19. The zero-order chi connectivity index (χ0) is 33.7. The predicted molar refractivity (Wildman–Crippen MR) is 214 cm³/mol. The number of aryl methyl sites for hydroxylation is 1. The van der Waals surface area contributed by atoms with Crippen LogP contribution in [-0.4, -0.2) is 15.0 Å². The Balaban J connectivity index is 1.22. The first-order chi connectivity index (χ1) is 25.3. The van der Waals surface area contributed by atoms with Gasteiger partial charge >= 0.3 is 0 Å². The first kappa shape index (κ1) is 29.5. The van der Waals surface area contributed by atoms with Crippen molar-refractivity contribution < 1.29 is 0 Å². The van der Waals surface area contributed by atoms with Crippen LogP contribution in [0.1, 0.15) is 24.0 Å². The summed E-state index contributed by atoms with van der Waals surface area (Å²) in [5.41, 5.74) is 11.0. The maximum absolute atomic E-state index is 5.45. The van der Waals surface area contributed by atoms with Crippen LogP contribution in [0.2, 0.25) is 0 Å². The van der Waals surface area contributed by atoms with E-state index in [1.807, 2.05) is 12.3 Å². The number of allylic oxidation sites excluding steroid dienone is 1. The summed E-state index contributed by atoms with van der Waals surface area (Å²) in [4.78, 5) is 15.5. The van der Waals surface area contributed by atoms with E-state index in [0.717, 1.165) is 80.6 Å². The summed E-state index contributed by atoms with van der Waals surface area (Å²) >= 11 is 0. The van der Waals surface area contributed by atoms with Gasteiger partial charge in [0.2, 0.25) is 0 Å². The lowest BCUT2D eigenvalue weighted by atomic mass is 9.90. The second-order valence-corrected chi connectivity index (χ2v) is 13.4. The number of fused-ring (bicyclic) bond motifs is 7. The first-order valence-electron chi connectivity index (χ1n) is 17.7. The summed E-state index contributed by atoms with van der Waals surface area (Å²) in [6.45, 7) is 0. The van der Waals surface area contributed by atoms with Crippen molar-refractivity contribution in [2.45, 2.75) is 19.3 Å². The van der Waals surface area contributed by atoms with E-state index in [0.29, 0.717) is 0 Å². The number of rotatable bonds is 4. The van der Waals surface area contributed by atoms with Crippen molar-refractivity contribution in [3.63, 3.8) is 0 Å². The minimum Gasteiger partial charge on any atom is -0.256 e. The molecule has 0 unspecified atom stereocenters. The predicted octanol–water partition coefficient (Wildman–Crippen LogP) is 12.5. The molecular formula is C48H33N3. The fraction of sp³-hybridized carbons (Fsp3) is 0.0625. The molecule has 3 heteroatoms. The molecule has 240 valence electrons. The minimum absolute atomic E-state index is 0.728. The average molecular weight is 652 g/mol. The molecule has 0 fully saturated rings. The van der Waals surface area contributed by atoms with Gasteiger partial charge in [0.15, 0.2) is 5.82 Å². The number of pyridine rings is 1. The molecule has 0 bridgehead atoms. The summed E-state index contributed by atoms with van der Waals surface area (Å²) < 4.78 is 0. The second kappa shape index (κ2) is 12.2. The van der Waals surface area contributed by atoms with Crippen LogP contribution < -0.4 is 0 Å². The molecule has 0 saturated heterocycles. The lowest BCUT2D eigenvalue weighted by molar-refractivity contribution is 0.857. The monoisotopic (exact) mass is 651 g/mol. The molecule has 0 saturated carbocycles. The fourth-order valence-electron chi connectivity index (χ4n) is 7.96. The number of hydrogen-bond donors (Lipinski definition) is 0. The number of para-hydroxylation sites is 1. The van der Waals surface area contributed by atoms with Gasteiger partial charge in [-0.1, -0.05) is 133 Å². The van der Waals surface area contributed by atoms with Gasteiger partial charge < -0.3 is 0 Å². The van der Waals surface area contributed by atoms with Crippen molar-refractivity contribution in [3.05, 3.63) is 169 Å². The van der Waals surface area contributed by atoms with Gasteiger partial charge in [-0.3, -0.25) is 4.98 Å². The molecule has 0 aliphatic heterocycles. The van der Waals surface area contributed by atoms with Gasteiger partial charge in [0.1, 0.15) is 0 Å². The zero-order valence-electron chi connectivity index (χ0n) is 28.1. The van der Waals surface area contributed by atoms with E-state index in [1.54, 1.807) is 0 Å². The third kappa shape index (κ3) is 5.09. The largest absolute Gasteiger partial charge is 0.256 e. The maximum Gasteiger partial charge on any atom is 0.161 e. The molecule has 1 aliphatic carbocycles. The standard InChI is InChI=1S/C48H33N3/c1-2-18-39-36-16-6-4-12-34(36)28-43(41(39)19-3-1)46-30-45(32-25-23-31(24-26-32)38-22-10-14-33-15-11-27-49-47(33)38)50-48(51-46)44-29-35-13-5-7-17-37(35)40-20-8-9-21-42(40)44/h3-17,19-30H,1-2,18H2. The molecular weight excluding hydrogens is 619 g/mol. The molecule has 10 rings (SSSR count). The molecule has 9 aromatic rings. The number of benzene rings is 7. The van der Waals surface area contributed by atoms with E-state index in [-0.39, 0.29) is 0 Å². The molecule has 3 nitrogen and oxygen atoms in total. The van der Waals surface area contributed by atoms with Crippen molar-refractivity contribution >= 4 is 49.3 Å². The summed E-state index contributed by atoms with van der Waals surface area (Å²) in [5, 5.41) is 8.47. The van der Waals surface area contributed by atoms with Crippen LogP contribution in [0, 0.1) is 0 Å². The Morgan fingerprint density at radius 1 is 0.471 bits per heavy atom. The Bertz CT molecular complexity index is 2830. The van der Waals surface area contributed by atoms with Crippen molar-refractivity contribution in [2.75, 3.05) is 0 Å². The molecule has 2 aromatic heterocycles. The molecule has 0 N–H and O–H groups in total. The normalized spacial score (nSPS) is 12.8. The molecule has 1 aliphatic rings. The topological polar surface area (TPSA) is 38.7 Å². The Morgan fingerprint density at radius 3 is 2.00 bits per heavy atom. The quantitative estimate of drug-likeness (QED) is 0.178. The Hall–Kier alpha value is -6.45. The first-order valence-corrected chi connectivity index (χ1v) is 17.7. The Morgan fingerprint density at radius 2 is 1.14 bits per heavy atom. The van der Waals surface area contributed by atoms with Gasteiger partial charge in [-0.15, -0.1) is 0 Å². The summed E-state index contributed by atoms with van der Waals surface area (Å²) in [7, 11) is 0. The minimum atomic E-state index is 0.728. The number of hydrogen-bond acceptors (Lipinski definition) is 3. The van der Waals surface area contributed by atoms with E-state index >= 15 is 0 Å². The van der Waals surface area contributed by atoms with Crippen molar-refractivity contribution in [1.29, 1.82) is 0 Å². The Labute approximate surface area is 296 Å². The molecule has 0 atom stereocenters. The fourth-order valence-corrected chi connectivity index (χ4v) is 7.96. The zero-order valence-corrected chi connectivity index (χ0v) is 28.1. The summed E-state index contributed by atoms with van der Waals surface area (Å²) in [5.74, 6) is 0.728. The molecule has 51 heavy (non-hydrogen) atoms. The van der Waals surface area contributed by atoms with E-state index < -0.39 is 0 Å². The summed E-state index contributed by atoms with van der Waals surface area (Å²) in [6, 6.07) is 52.0. The Kier molecular flexibility index (Phi) is 7.02. The van der Waals surface area contributed by atoms with Crippen molar-refractivity contribution in [2.24, 2.45) is 0 Å². The lowest BCUT2D eigenvalue weighted by Gasteiger charge is -2.17. The van der Waals surface area contributed by atoms with Gasteiger partial charge in [0.25, 0.3) is 0 Å². The average Bonchev–Trinajstić information content (AvgIpc) is 3.47. The number of nitrogens with zero attached hydrogens (tertiary/aromatic N) is 3. The molecule has 0 amide bonds. The van der Waals surface area contributed by atoms with Crippen LogP contribution in [0.5, 0.6) is 0 Å². The van der Waals surface area contributed by atoms with Crippen LogP contribution in [0.15, 0.2) is 158 Å². The summed E-state index contributed by atoms with van der Waals surface area (Å²) in [6.07, 6.45) is 9.77. The van der Waals surface area contributed by atoms with Crippen LogP contribution in [0.3, 0.4) is 0 Å². The van der Waals surface area contributed by atoms with Crippen molar-refractivity contribution in [1.82, 2.24) is 15.0 Å². The van der Waals surface area contributed by atoms with Crippen LogP contribution >= 0.6 is 0 Å². The van der Waals surface area contributed by atoms with Gasteiger partial charge in [0.05, 0.1) is 16.9 Å². The number of aromatic nitrogens is 3. The van der Waals surface area contributed by atoms with Gasteiger partial charge in [-0.25, -0.2) is 9.97 Å². The van der Waals surface area contributed by atoms with Crippen LogP contribution in [0.25, 0.3) is 94.3 Å². The second-order valence-electron chi connectivity index (χ2n) is 13.4. The molecule has 2 heterocycles. The third-order valence-corrected chi connectivity index (χ3v) is 10.4. The smallest absolute Gasteiger partial charge is 0.161 e. The molecule has 0 spiro atoms. The highest BCUT2D eigenvalue weighted by molar-refractivity contribution is 6.13. The van der Waals surface area contributed by atoms with E-state index in [2.05, 4.69) is 152 Å². The van der Waals surface area contributed by atoms with Gasteiger partial charge in [-0.05, 0) is 92.5 Å². The lowest BCUT2D eigenvalue weighted by Crippen LogP contribution is -2.00. The third-order valence-electron chi connectivity index (χ3n) is 10.4.